The first kappa shape index (κ1) is 49.2. The molecule has 4 nitrogen and oxygen atoms in total. The van der Waals surface area contributed by atoms with E-state index in [0.717, 1.165) is 24.9 Å². The predicted octanol–water partition coefficient (Wildman–Crippen LogP) is 18.1. The Kier molecular flexibility index (Phi) is 11.6. The Hall–Kier alpha value is -7.78. The molecule has 0 saturated carbocycles. The molecule has 0 aliphatic heterocycles. The Morgan fingerprint density at radius 3 is 0.792 bits per heavy atom. The van der Waals surface area contributed by atoms with Crippen molar-refractivity contribution in [3.05, 3.63) is 167 Å². The van der Waals surface area contributed by atoms with E-state index < -0.39 is 92.7 Å². The quantitative estimate of drug-likeness (QED) is 0.156. The molecule has 0 bridgehead atoms. The fourth-order valence-corrected chi connectivity index (χ4v) is 8.29. The van der Waals surface area contributed by atoms with Crippen molar-refractivity contribution < 1.29 is 87.9 Å². The smallest absolute Gasteiger partial charge is 0.416 e. The van der Waals surface area contributed by atoms with Gasteiger partial charge in [0.1, 0.15) is 11.0 Å². The number of hydrogen-bond acceptors (Lipinski definition) is 4. The van der Waals surface area contributed by atoms with Crippen LogP contribution in [-0.4, -0.2) is 9.97 Å². The van der Waals surface area contributed by atoms with Gasteiger partial charge in [-0.05, 0) is 128 Å². The average molecular weight is 1020 g/mol. The van der Waals surface area contributed by atoms with Gasteiger partial charge in [-0.25, -0.2) is 9.97 Å². The van der Waals surface area contributed by atoms with Crippen LogP contribution in [0.5, 0.6) is 0 Å². The van der Waals surface area contributed by atoms with Gasteiger partial charge in [-0.15, -0.1) is 0 Å². The summed E-state index contributed by atoms with van der Waals surface area (Å²) >= 11 is 0. The summed E-state index contributed by atoms with van der Waals surface area (Å²) in [6, 6.07) is 15.4. The molecule has 0 amide bonds. The van der Waals surface area contributed by atoms with Crippen LogP contribution in [-0.2, 0) is 37.1 Å². The molecule has 0 saturated heterocycles. The molecule has 2 heterocycles. The van der Waals surface area contributed by atoms with Crippen molar-refractivity contribution >= 4 is 22.2 Å². The van der Waals surface area contributed by atoms with Gasteiger partial charge in [-0.1, -0.05) is 48.5 Å². The van der Waals surface area contributed by atoms with Gasteiger partial charge in [0.05, 0.1) is 44.5 Å². The minimum atomic E-state index is -5.35. The van der Waals surface area contributed by atoms with Crippen molar-refractivity contribution in [1.82, 2.24) is 9.97 Å². The molecule has 2 aromatic heterocycles. The van der Waals surface area contributed by atoms with Gasteiger partial charge in [0.2, 0.25) is 0 Å². The lowest BCUT2D eigenvalue weighted by molar-refractivity contribution is -0.144. The fourth-order valence-electron chi connectivity index (χ4n) is 8.29. The summed E-state index contributed by atoms with van der Waals surface area (Å²) in [6.45, 7) is 0. The van der Waals surface area contributed by atoms with E-state index in [-0.39, 0.29) is 103 Å². The molecule has 7 aromatic carbocycles. The number of fused-ring (bicyclic) bond motifs is 2. The van der Waals surface area contributed by atoms with Crippen molar-refractivity contribution in [2.24, 2.45) is 0 Å². The van der Waals surface area contributed by atoms with Gasteiger partial charge in [0.25, 0.3) is 0 Å². The van der Waals surface area contributed by atoms with E-state index in [4.69, 9.17) is 8.83 Å². The fraction of sp³-hybridized carbons (Fsp3) is 0.120. The normalized spacial score (nSPS) is 13.1. The van der Waals surface area contributed by atoms with E-state index in [1.54, 1.807) is 0 Å². The van der Waals surface area contributed by atoms with Crippen molar-refractivity contribution in [3.63, 3.8) is 0 Å². The van der Waals surface area contributed by atoms with Gasteiger partial charge in [-0.3, -0.25) is 0 Å². The summed E-state index contributed by atoms with van der Waals surface area (Å²) in [5, 5.41) is 0. The molecule has 72 heavy (non-hydrogen) atoms. The SMILES string of the molecule is FC(F)(F)c1cc(-c2cc(C(F)(F)F)cc(C(F)(F)F)c2)cc(-c2ccccc2-c2c3ncoc3c(-c3ccccc3-c3cc(-c4cc(C(F)(F)F)cc(C(F)(F)F)c4)cc(C(F)(F)F)c3)c3ncoc23)c1. The van der Waals surface area contributed by atoms with Crippen molar-refractivity contribution in [2.75, 3.05) is 0 Å². The molecule has 0 atom stereocenters. The summed E-state index contributed by atoms with van der Waals surface area (Å²) in [7, 11) is 0. The number of nitrogens with zero attached hydrogens (tertiary/aromatic N) is 2. The number of alkyl halides is 18. The second-order valence-corrected chi connectivity index (χ2v) is 16.1. The maximum absolute atomic E-state index is 14.6. The van der Waals surface area contributed by atoms with Crippen LogP contribution in [0.4, 0.5) is 79.0 Å². The predicted molar refractivity (Wildman–Crippen MR) is 224 cm³/mol. The Bertz CT molecular complexity index is 3230. The van der Waals surface area contributed by atoms with E-state index in [1.807, 2.05) is 0 Å². The Balaban J connectivity index is 1.26. The molecule has 0 aliphatic rings. The molecule has 0 N–H and O–H groups in total. The first-order valence-corrected chi connectivity index (χ1v) is 20.3. The third-order valence-corrected chi connectivity index (χ3v) is 11.4. The lowest BCUT2D eigenvalue weighted by atomic mass is 9.87. The van der Waals surface area contributed by atoms with Crippen LogP contribution >= 0.6 is 0 Å². The number of benzene rings is 7. The van der Waals surface area contributed by atoms with Crippen LogP contribution in [0.25, 0.3) is 89.0 Å². The molecule has 370 valence electrons. The Morgan fingerprint density at radius 2 is 0.514 bits per heavy atom. The van der Waals surface area contributed by atoms with Gasteiger partial charge in [0, 0.05) is 0 Å². The summed E-state index contributed by atoms with van der Waals surface area (Å²) in [5.41, 5.74) is -15.0. The van der Waals surface area contributed by atoms with Crippen LogP contribution in [0, 0.1) is 0 Å². The highest BCUT2D eigenvalue weighted by Crippen LogP contribution is 2.50. The first-order chi connectivity index (χ1) is 33.5. The molecule has 0 aliphatic carbocycles. The second kappa shape index (κ2) is 16.9. The summed E-state index contributed by atoms with van der Waals surface area (Å²) in [6.07, 6.45) is -30.0. The maximum atomic E-state index is 14.6. The van der Waals surface area contributed by atoms with Gasteiger partial charge < -0.3 is 8.83 Å². The van der Waals surface area contributed by atoms with E-state index >= 15 is 0 Å². The number of oxazole rings is 2. The molecular formula is C50H22F18N2O2. The van der Waals surface area contributed by atoms with E-state index in [9.17, 15) is 79.0 Å². The molecule has 9 aromatic rings. The summed E-state index contributed by atoms with van der Waals surface area (Å²) < 4.78 is 266. The van der Waals surface area contributed by atoms with Gasteiger partial charge in [0.15, 0.2) is 24.0 Å². The highest BCUT2D eigenvalue weighted by molar-refractivity contribution is 6.18. The van der Waals surface area contributed by atoms with Crippen LogP contribution < -0.4 is 0 Å². The maximum Gasteiger partial charge on any atom is 0.416 e. The van der Waals surface area contributed by atoms with E-state index in [0.29, 0.717) is 24.3 Å². The molecule has 9 rings (SSSR count). The van der Waals surface area contributed by atoms with E-state index in [1.165, 1.54) is 48.5 Å². The van der Waals surface area contributed by atoms with Crippen LogP contribution in [0.15, 0.2) is 143 Å². The lowest BCUT2D eigenvalue weighted by Gasteiger charge is -2.19. The molecular weight excluding hydrogens is 1000 g/mol. The summed E-state index contributed by atoms with van der Waals surface area (Å²) in [5.74, 6) is 0. The third kappa shape index (κ3) is 9.32. The van der Waals surface area contributed by atoms with Crippen LogP contribution in [0.1, 0.15) is 33.4 Å². The van der Waals surface area contributed by atoms with Crippen molar-refractivity contribution in [1.29, 1.82) is 0 Å². The summed E-state index contributed by atoms with van der Waals surface area (Å²) in [4.78, 5) is 8.62. The van der Waals surface area contributed by atoms with E-state index in [2.05, 4.69) is 9.97 Å². The zero-order valence-corrected chi connectivity index (χ0v) is 35.2. The zero-order valence-electron chi connectivity index (χ0n) is 35.2. The standard InChI is InChI=1S/C50H22F18N2O2/c51-45(52,53)29-11-23(25-13-31(47(57,58)59)19-32(14-25)48(60,61)62)9-27(17-29)35-5-1-3-7-37(35)39-41-44(72-21-69-41)40(42-43(39)71-22-70-42)38-8-4-2-6-36(38)28-10-24(12-30(18-28)46(54,55)56)26-15-33(49(63,64)65)20-34(16-26)50(66,67)68/h1-22H. The zero-order chi connectivity index (χ0) is 52.1. The minimum Gasteiger partial charge on any atom is -0.443 e. The number of halogens is 18. The highest BCUT2D eigenvalue weighted by atomic mass is 19.4. The van der Waals surface area contributed by atoms with Crippen LogP contribution in [0.3, 0.4) is 0 Å². The molecule has 0 fully saturated rings. The molecule has 0 unspecified atom stereocenters. The monoisotopic (exact) mass is 1020 g/mol. The van der Waals surface area contributed by atoms with Crippen molar-refractivity contribution in [2.45, 2.75) is 37.1 Å². The lowest BCUT2D eigenvalue weighted by Crippen LogP contribution is -2.11. The minimum absolute atomic E-state index is 0.00915. The van der Waals surface area contributed by atoms with Gasteiger partial charge >= 0.3 is 37.1 Å². The number of hydrogen-bond donors (Lipinski definition) is 0. The topological polar surface area (TPSA) is 52.1 Å². The van der Waals surface area contributed by atoms with Crippen molar-refractivity contribution in [3.8, 4) is 66.8 Å². The van der Waals surface area contributed by atoms with Gasteiger partial charge in [-0.2, -0.15) is 79.0 Å². The number of rotatable bonds is 6. The molecule has 22 heteroatoms. The van der Waals surface area contributed by atoms with Crippen LogP contribution in [0.2, 0.25) is 0 Å². The Labute approximate surface area is 390 Å². The largest absolute Gasteiger partial charge is 0.443 e. The third-order valence-electron chi connectivity index (χ3n) is 11.4. The molecule has 0 spiro atoms. The second-order valence-electron chi connectivity index (χ2n) is 16.1. The molecule has 0 radical (unpaired) electrons. The number of aromatic nitrogens is 2. The highest BCUT2D eigenvalue weighted by Gasteiger charge is 2.40. The average Bonchev–Trinajstić information content (AvgIpc) is 3.99. The first-order valence-electron chi connectivity index (χ1n) is 20.3. The Morgan fingerprint density at radius 1 is 0.278 bits per heavy atom.